The van der Waals surface area contributed by atoms with Crippen molar-refractivity contribution in [2.24, 2.45) is 5.92 Å². The molecular weight excluding hydrogens is 487 g/mol. The van der Waals surface area contributed by atoms with Crippen molar-refractivity contribution in [2.45, 2.75) is 56.5 Å². The molecule has 0 spiro atoms. The van der Waals surface area contributed by atoms with E-state index in [4.69, 9.17) is 14.2 Å². The number of carbonyl (C=O) groups excluding carboxylic acids is 1. The van der Waals surface area contributed by atoms with Gasteiger partial charge in [0.15, 0.2) is 6.29 Å². The Hall–Kier alpha value is -3.29. The largest absolute Gasteiger partial charge is 0.490 e. The summed E-state index contributed by atoms with van der Waals surface area (Å²) in [5, 5.41) is 4.53. The molecule has 2 N–H and O–H groups in total. The van der Waals surface area contributed by atoms with E-state index in [1.54, 1.807) is 30.5 Å². The molecule has 1 saturated carbocycles. The molecule has 0 bridgehead atoms. The Morgan fingerprint density at radius 1 is 1.14 bits per heavy atom. The van der Waals surface area contributed by atoms with Crippen LogP contribution >= 0.6 is 0 Å². The zero-order valence-electron chi connectivity index (χ0n) is 20.2. The first-order valence-electron chi connectivity index (χ1n) is 12.5. The summed E-state index contributed by atoms with van der Waals surface area (Å²) < 4.78 is 59.5. The van der Waals surface area contributed by atoms with E-state index in [0.717, 1.165) is 38.7 Å². The fraction of sp³-hybridized carbons (Fsp3) is 0.481. The molecule has 1 aromatic heterocycles. The van der Waals surface area contributed by atoms with Crippen molar-refractivity contribution in [2.75, 3.05) is 25.1 Å². The Kier molecular flexibility index (Phi) is 7.26. The summed E-state index contributed by atoms with van der Waals surface area (Å²) in [5.41, 5.74) is -1.36. The zero-order chi connectivity index (χ0) is 25.9. The van der Waals surface area contributed by atoms with Gasteiger partial charge in [0.05, 0.1) is 12.8 Å². The topological polar surface area (TPSA) is 81.7 Å². The van der Waals surface area contributed by atoms with Gasteiger partial charge in [-0.25, -0.2) is 4.79 Å². The number of pyridine rings is 1. The van der Waals surface area contributed by atoms with Crippen LogP contribution in [0.4, 0.5) is 23.7 Å². The number of rotatable bonds is 7. The van der Waals surface area contributed by atoms with Gasteiger partial charge >= 0.3 is 12.2 Å². The third-order valence-electron chi connectivity index (χ3n) is 6.48. The van der Waals surface area contributed by atoms with Gasteiger partial charge in [0, 0.05) is 35.9 Å². The van der Waals surface area contributed by atoms with E-state index in [-0.39, 0.29) is 23.5 Å². The maximum atomic E-state index is 14.2. The lowest BCUT2D eigenvalue weighted by Crippen LogP contribution is -2.59. The lowest BCUT2D eigenvalue weighted by Gasteiger charge is -2.37. The van der Waals surface area contributed by atoms with E-state index in [2.05, 4.69) is 22.1 Å². The molecule has 2 aromatic rings. The van der Waals surface area contributed by atoms with Crippen LogP contribution in [0.3, 0.4) is 0 Å². The van der Waals surface area contributed by atoms with Crippen LogP contribution in [0.1, 0.15) is 48.9 Å². The average Bonchev–Trinajstić information content (AvgIpc) is 3.70. The molecule has 2 fully saturated rings. The van der Waals surface area contributed by atoms with Gasteiger partial charge in [0.1, 0.15) is 12.4 Å². The number of fused-ring (bicyclic) bond motifs is 1. The van der Waals surface area contributed by atoms with Crippen molar-refractivity contribution in [3.05, 3.63) is 53.3 Å². The lowest BCUT2D eigenvalue weighted by molar-refractivity contribution is -0.178. The number of halogens is 3. The van der Waals surface area contributed by atoms with Crippen LogP contribution in [0.5, 0.6) is 5.75 Å². The first-order chi connectivity index (χ1) is 17.8. The van der Waals surface area contributed by atoms with Gasteiger partial charge < -0.3 is 24.8 Å². The number of nitrogens with zero attached hydrogens (tertiary/aromatic N) is 1. The summed E-state index contributed by atoms with van der Waals surface area (Å²) >= 11 is 0. The van der Waals surface area contributed by atoms with E-state index in [1.807, 2.05) is 5.32 Å². The summed E-state index contributed by atoms with van der Waals surface area (Å²) in [7, 11) is 0. The lowest BCUT2D eigenvalue weighted by atomic mass is 9.85. The summed E-state index contributed by atoms with van der Waals surface area (Å²) in [5.74, 6) is 5.57. The molecule has 5 rings (SSSR count). The Bertz CT molecular complexity index is 1180. The van der Waals surface area contributed by atoms with Crippen molar-refractivity contribution < 1.29 is 32.2 Å². The Labute approximate surface area is 213 Å². The van der Waals surface area contributed by atoms with Gasteiger partial charge in [0.25, 0.3) is 0 Å². The monoisotopic (exact) mass is 515 g/mol. The first-order valence-corrected chi connectivity index (χ1v) is 12.5. The molecule has 1 aromatic carbocycles. The van der Waals surface area contributed by atoms with E-state index in [1.165, 1.54) is 6.07 Å². The van der Waals surface area contributed by atoms with Crippen molar-refractivity contribution >= 4 is 11.7 Å². The van der Waals surface area contributed by atoms with Crippen LogP contribution in [-0.2, 0) is 21.4 Å². The molecule has 1 unspecified atom stereocenters. The minimum atomic E-state index is -4.78. The maximum Gasteiger partial charge on any atom is 0.427 e. The van der Waals surface area contributed by atoms with Crippen LogP contribution in [0.15, 0.2) is 36.5 Å². The number of alkyl halides is 3. The van der Waals surface area contributed by atoms with Crippen molar-refractivity contribution in [1.29, 1.82) is 0 Å². The fourth-order valence-corrected chi connectivity index (χ4v) is 4.35. The number of hydrogen-bond acceptors (Lipinski definition) is 5. The van der Waals surface area contributed by atoms with Crippen molar-refractivity contribution in [3.8, 4) is 17.6 Å². The molecule has 2 amide bonds. The molecule has 3 aliphatic rings. The van der Waals surface area contributed by atoms with Crippen LogP contribution in [0, 0.1) is 17.8 Å². The number of urea groups is 1. The molecule has 2 atom stereocenters. The standard InChI is InChI=1S/C27H28F3N3O4/c28-27(29,30)26(11-10-18-4-5-18)22-9-6-19(16-23(22)32-25(34)33-26)15-20-7-8-21(17-31-20)35-13-14-37-24-3-1-2-12-36-24/h6-9,16-18,24H,1-5,12-15H2,(H2,32,33,34)/t24?,26-/m0/s1. The molecule has 0 radical (unpaired) electrons. The second-order valence-corrected chi connectivity index (χ2v) is 9.43. The van der Waals surface area contributed by atoms with Gasteiger partial charge in [-0.3, -0.25) is 4.98 Å². The van der Waals surface area contributed by atoms with E-state index in [9.17, 15) is 18.0 Å². The van der Waals surface area contributed by atoms with Crippen molar-refractivity contribution in [3.63, 3.8) is 0 Å². The maximum absolute atomic E-state index is 14.2. The molecule has 7 nitrogen and oxygen atoms in total. The number of anilines is 1. The number of nitrogens with one attached hydrogen (secondary N) is 2. The van der Waals surface area contributed by atoms with Crippen molar-refractivity contribution in [1.82, 2.24) is 10.3 Å². The summed E-state index contributed by atoms with van der Waals surface area (Å²) in [6, 6.07) is 7.16. The number of hydrogen-bond donors (Lipinski definition) is 2. The normalized spacial score (nSPS) is 23.2. The summed E-state index contributed by atoms with van der Waals surface area (Å²) in [6.45, 7) is 1.50. The fourth-order valence-electron chi connectivity index (χ4n) is 4.35. The number of aromatic nitrogens is 1. The van der Waals surface area contributed by atoms with E-state index >= 15 is 0 Å². The molecule has 1 aliphatic carbocycles. The van der Waals surface area contributed by atoms with Crippen LogP contribution in [-0.4, -0.2) is 43.3 Å². The molecule has 37 heavy (non-hydrogen) atoms. The second-order valence-electron chi connectivity index (χ2n) is 9.43. The Balaban J connectivity index is 1.24. The van der Waals surface area contributed by atoms with Gasteiger partial charge in [-0.05, 0) is 55.9 Å². The highest BCUT2D eigenvalue weighted by atomic mass is 19.4. The van der Waals surface area contributed by atoms with Gasteiger partial charge in [-0.1, -0.05) is 24.0 Å². The highest BCUT2D eigenvalue weighted by Gasteiger charge is 2.59. The molecular formula is C27H28F3N3O4. The Morgan fingerprint density at radius 3 is 2.70 bits per heavy atom. The first kappa shape index (κ1) is 25.4. The van der Waals surface area contributed by atoms with Crippen LogP contribution < -0.4 is 15.4 Å². The minimum Gasteiger partial charge on any atom is -0.490 e. The van der Waals surface area contributed by atoms with Gasteiger partial charge in [-0.2, -0.15) is 13.2 Å². The Morgan fingerprint density at radius 2 is 2.00 bits per heavy atom. The van der Waals surface area contributed by atoms with Gasteiger partial charge in [0.2, 0.25) is 5.54 Å². The van der Waals surface area contributed by atoms with E-state index in [0.29, 0.717) is 36.6 Å². The number of ether oxygens (including phenoxy) is 3. The molecule has 2 aliphatic heterocycles. The SMILES string of the molecule is O=C1Nc2cc(Cc3ccc(OCCOC4CCCCO4)cn3)ccc2[C@@](C#CC2CC2)(C(F)(F)F)N1. The zero-order valence-corrected chi connectivity index (χ0v) is 20.2. The number of amides is 2. The summed E-state index contributed by atoms with van der Waals surface area (Å²) in [6.07, 6.45) is 1.62. The minimum absolute atomic E-state index is 0.0507. The smallest absolute Gasteiger partial charge is 0.427 e. The highest BCUT2D eigenvalue weighted by Crippen LogP contribution is 2.44. The third-order valence-corrected chi connectivity index (χ3v) is 6.48. The van der Waals surface area contributed by atoms with Gasteiger partial charge in [-0.15, -0.1) is 0 Å². The van der Waals surface area contributed by atoms with E-state index < -0.39 is 17.7 Å². The number of benzene rings is 1. The number of carbonyl (C=O) groups is 1. The second kappa shape index (κ2) is 10.6. The molecule has 1 saturated heterocycles. The van der Waals surface area contributed by atoms with Crippen LogP contribution in [0.25, 0.3) is 0 Å². The molecule has 3 heterocycles. The quantitative estimate of drug-likeness (QED) is 0.405. The third kappa shape index (κ3) is 6.00. The molecule has 196 valence electrons. The van der Waals surface area contributed by atoms with Crippen LogP contribution in [0.2, 0.25) is 0 Å². The summed E-state index contributed by atoms with van der Waals surface area (Å²) in [4.78, 5) is 16.6. The predicted octanol–water partition coefficient (Wildman–Crippen LogP) is 4.90. The average molecular weight is 516 g/mol. The predicted molar refractivity (Wildman–Crippen MR) is 129 cm³/mol. The highest BCUT2D eigenvalue weighted by molar-refractivity contribution is 5.95. The molecule has 10 heteroatoms.